The molecule has 0 unspecified atom stereocenters. The lowest BCUT2D eigenvalue weighted by atomic mass is 9.92. The molecule has 4 rings (SSSR count). The topological polar surface area (TPSA) is 132 Å². The zero-order valence-corrected chi connectivity index (χ0v) is 29.7. The van der Waals surface area contributed by atoms with Gasteiger partial charge in [-0.3, -0.25) is 9.36 Å². The van der Waals surface area contributed by atoms with Gasteiger partial charge < -0.3 is 26.2 Å². The van der Waals surface area contributed by atoms with Gasteiger partial charge in [-0.05, 0) is 71.3 Å². The predicted octanol–water partition coefficient (Wildman–Crippen LogP) is 9.15. The summed E-state index contributed by atoms with van der Waals surface area (Å²) < 4.78 is 7.48. The van der Waals surface area contributed by atoms with Crippen LogP contribution in [0.25, 0.3) is 22.2 Å². The second-order valence-electron chi connectivity index (χ2n) is 11.4. The minimum Gasteiger partial charge on any atom is -0.493 e. The highest BCUT2D eigenvalue weighted by Gasteiger charge is 2.23. The Morgan fingerprint density at radius 1 is 0.936 bits per heavy atom. The summed E-state index contributed by atoms with van der Waals surface area (Å²) in [6.07, 6.45) is 3.85. The number of carbonyl (C=O) groups is 1. The molecule has 2 heterocycles. The normalized spacial score (nSPS) is 10.6. The third-order valence-electron chi connectivity index (χ3n) is 7.39. The monoisotopic (exact) mass is 645 g/mol. The van der Waals surface area contributed by atoms with E-state index in [0.717, 1.165) is 29.4 Å². The minimum atomic E-state index is -0.521. The fourth-order valence-corrected chi connectivity index (χ4v) is 5.24. The number of hydrogen-bond acceptors (Lipinski definition) is 6. The molecule has 0 aliphatic rings. The number of nitrogens with two attached hydrogens (primary N) is 1. The Bertz CT molecular complexity index is 1620. The number of nitrogens with zero attached hydrogens (tertiary/aromatic N) is 2. The molecule has 0 spiro atoms. The third-order valence-corrected chi connectivity index (χ3v) is 7.39. The number of carbonyl (C=O) groups excluding carboxylic acids is 1. The van der Waals surface area contributed by atoms with E-state index in [1.807, 2.05) is 76.2 Å². The number of aromatic nitrogens is 2. The number of pyridine rings is 2. The molecule has 2 aromatic heterocycles. The van der Waals surface area contributed by atoms with Crippen LogP contribution in [0.4, 0.5) is 21.9 Å². The van der Waals surface area contributed by atoms with Crippen molar-refractivity contribution in [1.82, 2.24) is 9.55 Å². The molecular weight excluding hydrogens is 590 g/mol. The Morgan fingerprint density at radius 2 is 1.57 bits per heavy atom. The van der Waals surface area contributed by atoms with Crippen molar-refractivity contribution >= 4 is 34.1 Å². The van der Waals surface area contributed by atoms with Crippen LogP contribution in [0.2, 0.25) is 0 Å². The number of urea groups is 1. The first-order valence-electron chi connectivity index (χ1n) is 17.0. The van der Waals surface area contributed by atoms with E-state index in [2.05, 4.69) is 50.2 Å². The first-order chi connectivity index (χ1) is 22.7. The van der Waals surface area contributed by atoms with Crippen molar-refractivity contribution in [1.29, 1.82) is 0 Å². The van der Waals surface area contributed by atoms with Gasteiger partial charge in [-0.25, -0.2) is 9.78 Å². The summed E-state index contributed by atoms with van der Waals surface area (Å²) in [7, 11) is 0. The summed E-state index contributed by atoms with van der Waals surface area (Å²) in [5, 5.41) is 15.9. The molecule has 0 aliphatic heterocycles. The number of nitrogen functional groups attached to an aromatic ring is 1. The third kappa shape index (κ3) is 9.81. The maximum atomic E-state index is 14.2. The largest absolute Gasteiger partial charge is 0.493 e. The van der Waals surface area contributed by atoms with Gasteiger partial charge in [0.1, 0.15) is 17.1 Å². The summed E-state index contributed by atoms with van der Waals surface area (Å²) in [5.74, 6) is 0.815. The Kier molecular flexibility index (Phi) is 16.0. The smallest absolute Gasteiger partial charge is 0.323 e. The molecule has 0 saturated carbocycles. The van der Waals surface area contributed by atoms with Crippen molar-refractivity contribution in [2.45, 2.75) is 100.0 Å². The maximum absolute atomic E-state index is 14.2. The first-order valence-corrected chi connectivity index (χ1v) is 17.0. The Balaban J connectivity index is 0.00000185. The van der Waals surface area contributed by atoms with Gasteiger partial charge in [-0.1, -0.05) is 80.9 Å². The number of amides is 2. The lowest BCUT2D eigenvalue weighted by Crippen LogP contribution is -2.30. The molecule has 9 nitrogen and oxygen atoms in total. The highest BCUT2D eigenvalue weighted by atomic mass is 16.5. The van der Waals surface area contributed by atoms with Gasteiger partial charge in [0.05, 0.1) is 6.61 Å². The summed E-state index contributed by atoms with van der Waals surface area (Å²) in [5.41, 5.74) is 11.1. The van der Waals surface area contributed by atoms with E-state index in [0.29, 0.717) is 53.5 Å². The number of unbranched alkanes of at least 4 members (excludes halogenated alkanes) is 1. The molecule has 0 saturated heterocycles. The van der Waals surface area contributed by atoms with Crippen LogP contribution in [0.3, 0.4) is 0 Å². The first kappa shape index (κ1) is 38.8. The molecule has 2 amide bonds. The van der Waals surface area contributed by atoms with E-state index in [-0.39, 0.29) is 29.7 Å². The highest BCUT2D eigenvalue weighted by Crippen LogP contribution is 2.37. The number of anilines is 3. The molecule has 4 aromatic rings. The number of fused-ring (bicyclic) bond motifs is 1. The van der Waals surface area contributed by atoms with E-state index in [1.165, 1.54) is 0 Å². The van der Waals surface area contributed by atoms with E-state index >= 15 is 0 Å². The van der Waals surface area contributed by atoms with Crippen LogP contribution in [-0.4, -0.2) is 33.9 Å². The molecule has 47 heavy (non-hydrogen) atoms. The standard InChI is InChI=1S/C34H43N5O4.2C2H6/c1-6-7-15-39-32-26(13-9-14-36-32)29(23-11-8-12-25(18-23)43-17-10-16-40)31(33(39)41)38-34(42)37-30-27(21(2)3)19-24(35)20-28(30)22(4)5;2*1-2/h8-9,11-14,18-22,40H,6-7,10,15-17,35H2,1-5H3,(H2,37,38,42);2*1-2H3. The Morgan fingerprint density at radius 3 is 2.17 bits per heavy atom. The second-order valence-corrected chi connectivity index (χ2v) is 11.4. The number of ether oxygens (including phenoxy) is 1. The molecule has 0 atom stereocenters. The lowest BCUT2D eigenvalue weighted by Gasteiger charge is -2.22. The number of aliphatic hydroxyl groups is 1. The summed E-state index contributed by atoms with van der Waals surface area (Å²) in [6, 6.07) is 14.4. The van der Waals surface area contributed by atoms with Crippen LogP contribution < -0.4 is 26.7 Å². The van der Waals surface area contributed by atoms with Crippen LogP contribution in [0.15, 0.2) is 59.5 Å². The molecule has 2 aromatic carbocycles. The molecule has 256 valence electrons. The molecule has 0 radical (unpaired) electrons. The number of benzene rings is 2. The van der Waals surface area contributed by atoms with Crippen molar-refractivity contribution in [3.05, 3.63) is 76.2 Å². The van der Waals surface area contributed by atoms with Crippen LogP contribution in [0.5, 0.6) is 5.75 Å². The van der Waals surface area contributed by atoms with Crippen molar-refractivity contribution in [2.24, 2.45) is 0 Å². The van der Waals surface area contributed by atoms with E-state index in [9.17, 15) is 14.7 Å². The Hall–Kier alpha value is -4.37. The summed E-state index contributed by atoms with van der Waals surface area (Å²) in [4.78, 5) is 32.5. The molecule has 0 aliphatic carbocycles. The van der Waals surface area contributed by atoms with Crippen molar-refractivity contribution in [3.63, 3.8) is 0 Å². The van der Waals surface area contributed by atoms with Crippen LogP contribution in [0.1, 0.15) is 105 Å². The lowest BCUT2D eigenvalue weighted by molar-refractivity contribution is 0.233. The minimum absolute atomic E-state index is 0.0280. The number of rotatable bonds is 12. The van der Waals surface area contributed by atoms with E-state index in [1.54, 1.807) is 10.8 Å². The number of hydrogen-bond donors (Lipinski definition) is 4. The SMILES string of the molecule is CC.CC.CCCCn1c(=O)c(NC(=O)Nc2c(C(C)C)cc(N)cc2C(C)C)c(-c2cccc(OCCCO)c2)c2cccnc21. The Labute approximate surface area is 280 Å². The number of aliphatic hydroxyl groups excluding tert-OH is 1. The maximum Gasteiger partial charge on any atom is 0.323 e. The number of nitrogens with one attached hydrogen (secondary N) is 2. The van der Waals surface area contributed by atoms with Crippen molar-refractivity contribution in [2.75, 3.05) is 29.6 Å². The zero-order valence-electron chi connectivity index (χ0n) is 29.7. The van der Waals surface area contributed by atoms with Gasteiger partial charge in [0.25, 0.3) is 5.56 Å². The van der Waals surface area contributed by atoms with Crippen molar-refractivity contribution < 1.29 is 14.6 Å². The number of aryl methyl sites for hydroxylation is 1. The van der Waals surface area contributed by atoms with Gasteiger partial charge in [0, 0.05) is 48.1 Å². The molecular formula is C38H55N5O4. The van der Waals surface area contributed by atoms with Gasteiger partial charge in [0.2, 0.25) is 0 Å². The summed E-state index contributed by atoms with van der Waals surface area (Å²) in [6.45, 7) is 19.1. The highest BCUT2D eigenvalue weighted by molar-refractivity contribution is 6.08. The van der Waals surface area contributed by atoms with Gasteiger partial charge >= 0.3 is 6.03 Å². The van der Waals surface area contributed by atoms with E-state index < -0.39 is 6.03 Å². The van der Waals surface area contributed by atoms with Crippen LogP contribution in [0, 0.1) is 0 Å². The fourth-order valence-electron chi connectivity index (χ4n) is 5.24. The molecule has 5 N–H and O–H groups in total. The van der Waals surface area contributed by atoms with Crippen molar-refractivity contribution in [3.8, 4) is 16.9 Å². The molecule has 9 heteroatoms. The fraction of sp³-hybridized carbons (Fsp3) is 0.447. The quantitative estimate of drug-likeness (QED) is 0.0897. The van der Waals surface area contributed by atoms with Gasteiger partial charge in [-0.15, -0.1) is 0 Å². The zero-order chi connectivity index (χ0) is 35.1. The predicted molar refractivity (Wildman–Crippen MR) is 198 cm³/mol. The van der Waals surface area contributed by atoms with Gasteiger partial charge in [-0.2, -0.15) is 0 Å². The average Bonchev–Trinajstić information content (AvgIpc) is 3.07. The van der Waals surface area contributed by atoms with Gasteiger partial charge in [0.15, 0.2) is 0 Å². The second kappa shape index (κ2) is 19.3. The molecule has 0 bridgehead atoms. The average molecular weight is 646 g/mol. The van der Waals surface area contributed by atoms with Crippen LogP contribution in [-0.2, 0) is 6.54 Å². The van der Waals surface area contributed by atoms with Crippen LogP contribution >= 0.6 is 0 Å². The molecule has 0 fully saturated rings. The van der Waals surface area contributed by atoms with E-state index in [4.69, 9.17) is 10.5 Å². The summed E-state index contributed by atoms with van der Waals surface area (Å²) >= 11 is 0.